The first-order valence-electron chi connectivity index (χ1n) is 5.65. The molecule has 0 fully saturated rings. The molecule has 17 heavy (non-hydrogen) atoms. The van der Waals surface area contributed by atoms with Crippen LogP contribution in [-0.2, 0) is 11.2 Å². The van der Waals surface area contributed by atoms with Crippen LogP contribution in [-0.4, -0.2) is 16.1 Å². The third-order valence-corrected chi connectivity index (χ3v) is 3.14. The Balaban J connectivity index is 2.51. The van der Waals surface area contributed by atoms with Crippen molar-refractivity contribution in [1.29, 1.82) is 0 Å². The van der Waals surface area contributed by atoms with Crippen molar-refractivity contribution in [3.63, 3.8) is 0 Å². The maximum atomic E-state index is 10.6. The third kappa shape index (κ3) is 2.28. The van der Waals surface area contributed by atoms with E-state index in [1.165, 1.54) is 11.1 Å². The van der Waals surface area contributed by atoms with E-state index in [2.05, 4.69) is 18.0 Å². The summed E-state index contributed by atoms with van der Waals surface area (Å²) in [5.74, 6) is -0.765. The maximum absolute atomic E-state index is 10.6. The molecule has 0 spiro atoms. The average molecular weight is 229 g/mol. The minimum Gasteiger partial charge on any atom is -0.481 e. The number of aryl methyl sites for hydroxylation is 3. The Labute approximate surface area is 100 Å². The van der Waals surface area contributed by atoms with E-state index in [0.717, 1.165) is 16.5 Å². The minimum atomic E-state index is -0.765. The van der Waals surface area contributed by atoms with E-state index in [4.69, 9.17) is 5.11 Å². The Bertz CT molecular complexity index is 576. The van der Waals surface area contributed by atoms with Crippen LogP contribution in [0.3, 0.4) is 0 Å². The summed E-state index contributed by atoms with van der Waals surface area (Å²) in [5, 5.41) is 9.80. The lowest BCUT2D eigenvalue weighted by Gasteiger charge is -2.08. The molecule has 0 amide bonds. The molecule has 0 aliphatic carbocycles. The predicted octanol–water partition coefficient (Wildman–Crippen LogP) is 2.87. The average Bonchev–Trinajstić information content (AvgIpc) is 2.31. The van der Waals surface area contributed by atoms with Crippen LogP contribution >= 0.6 is 0 Å². The Morgan fingerprint density at radius 2 is 2.06 bits per heavy atom. The van der Waals surface area contributed by atoms with Gasteiger partial charge in [-0.2, -0.15) is 0 Å². The molecule has 0 aliphatic rings. The van der Waals surface area contributed by atoms with Gasteiger partial charge in [-0.05, 0) is 43.0 Å². The highest BCUT2D eigenvalue weighted by Crippen LogP contribution is 2.23. The molecule has 0 radical (unpaired) electrons. The number of carbonyl (C=O) groups is 1. The minimum absolute atomic E-state index is 0.159. The van der Waals surface area contributed by atoms with Crippen LogP contribution in [0.4, 0.5) is 0 Å². The van der Waals surface area contributed by atoms with Gasteiger partial charge in [-0.3, -0.25) is 9.78 Å². The number of benzene rings is 1. The van der Waals surface area contributed by atoms with Crippen LogP contribution in [0.5, 0.6) is 0 Å². The highest BCUT2D eigenvalue weighted by Gasteiger charge is 2.07. The molecule has 0 atom stereocenters. The number of hydrogen-bond donors (Lipinski definition) is 1. The van der Waals surface area contributed by atoms with Crippen molar-refractivity contribution in [2.24, 2.45) is 0 Å². The summed E-state index contributed by atoms with van der Waals surface area (Å²) in [6, 6.07) is 5.99. The highest BCUT2D eigenvalue weighted by atomic mass is 16.4. The van der Waals surface area contributed by atoms with E-state index < -0.39 is 5.97 Å². The van der Waals surface area contributed by atoms with Crippen molar-refractivity contribution in [1.82, 2.24) is 4.98 Å². The molecule has 1 aromatic heterocycles. The van der Waals surface area contributed by atoms with Gasteiger partial charge in [-0.25, -0.2) is 0 Å². The van der Waals surface area contributed by atoms with Crippen molar-refractivity contribution >= 4 is 16.9 Å². The Morgan fingerprint density at radius 3 is 2.76 bits per heavy atom. The fraction of sp³-hybridized carbons (Fsp3) is 0.286. The monoisotopic (exact) mass is 229 g/mol. The smallest absolute Gasteiger partial charge is 0.303 e. The highest BCUT2D eigenvalue weighted by molar-refractivity contribution is 5.86. The summed E-state index contributed by atoms with van der Waals surface area (Å²) < 4.78 is 0. The summed E-state index contributed by atoms with van der Waals surface area (Å²) in [4.78, 5) is 15.0. The molecule has 0 bridgehead atoms. The number of aliphatic carboxylic acids is 1. The zero-order valence-electron chi connectivity index (χ0n) is 10.0. The van der Waals surface area contributed by atoms with Gasteiger partial charge in [0, 0.05) is 18.0 Å². The summed E-state index contributed by atoms with van der Waals surface area (Å²) in [5.41, 5.74) is 4.41. The quantitative estimate of drug-likeness (QED) is 0.880. The second-order valence-electron chi connectivity index (χ2n) is 4.27. The first-order valence-corrected chi connectivity index (χ1v) is 5.65. The Kier molecular flexibility index (Phi) is 3.09. The van der Waals surface area contributed by atoms with Crippen LogP contribution in [0.15, 0.2) is 24.4 Å². The van der Waals surface area contributed by atoms with E-state index in [0.29, 0.717) is 6.42 Å². The van der Waals surface area contributed by atoms with E-state index in [1.54, 1.807) is 6.20 Å². The van der Waals surface area contributed by atoms with E-state index in [9.17, 15) is 4.79 Å². The topological polar surface area (TPSA) is 50.2 Å². The van der Waals surface area contributed by atoms with Gasteiger partial charge >= 0.3 is 5.97 Å². The lowest BCUT2D eigenvalue weighted by Crippen LogP contribution is -1.99. The van der Waals surface area contributed by atoms with Gasteiger partial charge in [0.2, 0.25) is 0 Å². The van der Waals surface area contributed by atoms with Crippen LogP contribution < -0.4 is 0 Å². The van der Waals surface area contributed by atoms with Crippen LogP contribution in [0.25, 0.3) is 10.9 Å². The zero-order valence-corrected chi connectivity index (χ0v) is 10.0. The summed E-state index contributed by atoms with van der Waals surface area (Å²) in [6.45, 7) is 4.10. The first-order chi connectivity index (χ1) is 8.09. The largest absolute Gasteiger partial charge is 0.481 e. The number of carboxylic acid groups (broad SMARTS) is 1. The lowest BCUT2D eigenvalue weighted by molar-refractivity contribution is -0.136. The van der Waals surface area contributed by atoms with Gasteiger partial charge in [0.05, 0.1) is 5.52 Å². The molecule has 2 aromatic rings. The predicted molar refractivity (Wildman–Crippen MR) is 67.2 cm³/mol. The first kappa shape index (κ1) is 11.6. The molecule has 0 aliphatic heterocycles. The van der Waals surface area contributed by atoms with E-state index in [1.807, 2.05) is 19.1 Å². The number of fused-ring (bicyclic) bond motifs is 1. The van der Waals surface area contributed by atoms with Gasteiger partial charge in [-0.15, -0.1) is 0 Å². The molecule has 1 N–H and O–H groups in total. The van der Waals surface area contributed by atoms with Gasteiger partial charge in [0.15, 0.2) is 0 Å². The molecule has 1 aromatic carbocycles. The Hall–Kier alpha value is -1.90. The molecule has 0 saturated heterocycles. The van der Waals surface area contributed by atoms with Crippen LogP contribution in [0.2, 0.25) is 0 Å². The second-order valence-corrected chi connectivity index (χ2v) is 4.27. The number of hydrogen-bond acceptors (Lipinski definition) is 2. The molecular weight excluding hydrogens is 214 g/mol. The fourth-order valence-corrected chi connectivity index (χ4v) is 1.98. The van der Waals surface area contributed by atoms with Crippen LogP contribution in [0.1, 0.15) is 23.1 Å². The van der Waals surface area contributed by atoms with Crippen LogP contribution in [0, 0.1) is 13.8 Å². The molecule has 3 nitrogen and oxygen atoms in total. The van der Waals surface area contributed by atoms with Gasteiger partial charge < -0.3 is 5.11 Å². The number of nitrogens with zero attached hydrogens (tertiary/aromatic N) is 1. The number of carboxylic acids is 1. The molecule has 2 rings (SSSR count). The lowest BCUT2D eigenvalue weighted by atomic mass is 9.99. The van der Waals surface area contributed by atoms with Crippen molar-refractivity contribution in [2.75, 3.05) is 0 Å². The summed E-state index contributed by atoms with van der Waals surface area (Å²) >= 11 is 0. The molecule has 1 heterocycles. The molecular formula is C14H15NO2. The van der Waals surface area contributed by atoms with Gasteiger partial charge in [-0.1, -0.05) is 12.1 Å². The molecule has 0 unspecified atom stereocenters. The Morgan fingerprint density at radius 1 is 1.29 bits per heavy atom. The van der Waals surface area contributed by atoms with E-state index >= 15 is 0 Å². The number of pyridine rings is 1. The van der Waals surface area contributed by atoms with Crippen molar-refractivity contribution < 1.29 is 9.90 Å². The van der Waals surface area contributed by atoms with Crippen molar-refractivity contribution in [3.8, 4) is 0 Å². The number of rotatable bonds is 3. The maximum Gasteiger partial charge on any atom is 0.303 e. The van der Waals surface area contributed by atoms with Crippen molar-refractivity contribution in [3.05, 3.63) is 41.1 Å². The summed E-state index contributed by atoms with van der Waals surface area (Å²) in [7, 11) is 0. The zero-order chi connectivity index (χ0) is 12.4. The number of aromatic nitrogens is 1. The van der Waals surface area contributed by atoms with E-state index in [-0.39, 0.29) is 6.42 Å². The standard InChI is InChI=1S/C14H15NO2/c1-9-3-5-12-11(4-6-13(16)17)7-8-15-14(12)10(9)2/h3,5,7-8H,4,6H2,1-2H3,(H,16,17). The van der Waals surface area contributed by atoms with Gasteiger partial charge in [0.25, 0.3) is 0 Å². The molecule has 88 valence electrons. The van der Waals surface area contributed by atoms with Crippen molar-refractivity contribution in [2.45, 2.75) is 26.7 Å². The SMILES string of the molecule is Cc1ccc2c(CCC(=O)O)ccnc2c1C. The molecule has 0 saturated carbocycles. The normalized spacial score (nSPS) is 10.7. The summed E-state index contributed by atoms with van der Waals surface area (Å²) in [6.07, 6.45) is 2.47. The van der Waals surface area contributed by atoms with Gasteiger partial charge in [0.1, 0.15) is 0 Å². The third-order valence-electron chi connectivity index (χ3n) is 3.14. The fourth-order valence-electron chi connectivity index (χ4n) is 1.98. The second kappa shape index (κ2) is 4.53. The molecule has 3 heteroatoms.